The highest BCUT2D eigenvalue weighted by Crippen LogP contribution is 2.11. The zero-order valence-electron chi connectivity index (χ0n) is 7.01. The molecule has 3 heteroatoms. The first-order valence-electron chi connectivity index (χ1n) is 4.01. The second-order valence-corrected chi connectivity index (χ2v) is 2.83. The van der Waals surface area contributed by atoms with Crippen LogP contribution in [0.15, 0.2) is 36.7 Å². The first kappa shape index (κ1) is 7.86. The van der Waals surface area contributed by atoms with Crippen LogP contribution < -0.4 is 0 Å². The van der Waals surface area contributed by atoms with Gasteiger partial charge in [-0.3, -0.25) is 0 Å². The van der Waals surface area contributed by atoms with Crippen LogP contribution in [0.4, 0.5) is 0 Å². The average Bonchev–Trinajstić information content (AvgIpc) is 2.57. The monoisotopic (exact) mass is 173 g/mol. The molecule has 0 saturated carbocycles. The van der Waals surface area contributed by atoms with Crippen LogP contribution in [-0.2, 0) is 6.54 Å². The van der Waals surface area contributed by atoms with Gasteiger partial charge in [0.15, 0.2) is 6.33 Å². The van der Waals surface area contributed by atoms with Crippen LogP contribution in [0.25, 0.3) is 0 Å². The SMILES string of the molecule is Oc1cccc(Cn2[c]ncc2)c1. The van der Waals surface area contributed by atoms with E-state index in [-0.39, 0.29) is 5.75 Å². The van der Waals surface area contributed by atoms with Gasteiger partial charge in [-0.05, 0) is 17.7 Å². The number of aromatic hydroxyl groups is 1. The van der Waals surface area contributed by atoms with Crippen LogP contribution in [0.3, 0.4) is 0 Å². The minimum absolute atomic E-state index is 0.289. The molecule has 2 rings (SSSR count). The van der Waals surface area contributed by atoms with Crippen molar-refractivity contribution in [2.75, 3.05) is 0 Å². The Labute approximate surface area is 76.3 Å². The lowest BCUT2D eigenvalue weighted by atomic mass is 10.2. The molecule has 13 heavy (non-hydrogen) atoms. The molecule has 0 unspecified atom stereocenters. The first-order valence-corrected chi connectivity index (χ1v) is 4.01. The van der Waals surface area contributed by atoms with Crippen molar-refractivity contribution in [1.82, 2.24) is 9.55 Å². The highest BCUT2D eigenvalue weighted by molar-refractivity contribution is 5.27. The number of rotatable bonds is 2. The van der Waals surface area contributed by atoms with Gasteiger partial charge >= 0.3 is 0 Å². The Morgan fingerprint density at radius 2 is 2.38 bits per heavy atom. The van der Waals surface area contributed by atoms with E-state index in [1.165, 1.54) is 0 Å². The lowest BCUT2D eigenvalue weighted by molar-refractivity contribution is 0.474. The van der Waals surface area contributed by atoms with Crippen molar-refractivity contribution < 1.29 is 5.11 Å². The highest BCUT2D eigenvalue weighted by atomic mass is 16.3. The van der Waals surface area contributed by atoms with Crippen LogP contribution in [-0.4, -0.2) is 14.7 Å². The number of hydrogen-bond acceptors (Lipinski definition) is 2. The van der Waals surface area contributed by atoms with E-state index in [2.05, 4.69) is 11.3 Å². The molecule has 0 aliphatic rings. The molecule has 1 aromatic carbocycles. The van der Waals surface area contributed by atoms with E-state index in [1.807, 2.05) is 22.9 Å². The summed E-state index contributed by atoms with van der Waals surface area (Å²) in [6.45, 7) is 0.689. The van der Waals surface area contributed by atoms with Gasteiger partial charge in [0.1, 0.15) is 5.75 Å². The molecule has 0 spiro atoms. The van der Waals surface area contributed by atoms with Gasteiger partial charge in [-0.2, -0.15) is 0 Å². The Morgan fingerprint density at radius 1 is 1.46 bits per heavy atom. The summed E-state index contributed by atoms with van der Waals surface area (Å²) in [5, 5.41) is 9.21. The second-order valence-electron chi connectivity index (χ2n) is 2.83. The highest BCUT2D eigenvalue weighted by Gasteiger charge is 1.95. The fourth-order valence-electron chi connectivity index (χ4n) is 1.19. The second kappa shape index (κ2) is 3.31. The summed E-state index contributed by atoms with van der Waals surface area (Å²) in [6.07, 6.45) is 6.31. The van der Waals surface area contributed by atoms with Gasteiger partial charge < -0.3 is 9.67 Å². The molecule has 0 bridgehead atoms. The molecule has 0 aliphatic carbocycles. The van der Waals surface area contributed by atoms with Gasteiger partial charge in [0, 0.05) is 18.9 Å². The minimum atomic E-state index is 0.289. The van der Waals surface area contributed by atoms with Crippen molar-refractivity contribution in [3.8, 4) is 5.75 Å². The molecule has 3 nitrogen and oxygen atoms in total. The molecule has 0 saturated heterocycles. The first-order chi connectivity index (χ1) is 6.34. The summed E-state index contributed by atoms with van der Waals surface area (Å²) in [6, 6.07) is 7.16. The molecular weight excluding hydrogens is 164 g/mol. The van der Waals surface area contributed by atoms with E-state index in [9.17, 15) is 5.11 Å². The standard InChI is InChI=1S/C10H9N2O/c13-10-3-1-2-9(6-10)7-12-5-4-11-8-12/h1-6,13H,7H2. The van der Waals surface area contributed by atoms with E-state index in [1.54, 1.807) is 18.3 Å². The third kappa shape index (κ3) is 1.87. The van der Waals surface area contributed by atoms with Crippen molar-refractivity contribution in [3.05, 3.63) is 48.5 Å². The Kier molecular flexibility index (Phi) is 2.00. The molecule has 1 heterocycles. The van der Waals surface area contributed by atoms with Crippen molar-refractivity contribution >= 4 is 0 Å². The predicted octanol–water partition coefficient (Wildman–Crippen LogP) is 1.44. The molecule has 0 atom stereocenters. The van der Waals surface area contributed by atoms with E-state index >= 15 is 0 Å². The van der Waals surface area contributed by atoms with Gasteiger partial charge in [-0.1, -0.05) is 12.1 Å². The van der Waals surface area contributed by atoms with E-state index in [0.717, 1.165) is 5.56 Å². The molecule has 0 amide bonds. The maximum Gasteiger partial charge on any atom is 0.176 e. The van der Waals surface area contributed by atoms with Gasteiger partial charge in [-0.15, -0.1) is 0 Å². The largest absolute Gasteiger partial charge is 0.508 e. The molecule has 1 radical (unpaired) electrons. The predicted molar refractivity (Wildman–Crippen MR) is 48.3 cm³/mol. The summed E-state index contributed by atoms with van der Waals surface area (Å²) in [5.41, 5.74) is 1.04. The zero-order chi connectivity index (χ0) is 9.10. The maximum absolute atomic E-state index is 9.21. The molecule has 1 aromatic heterocycles. The number of hydrogen-bond donors (Lipinski definition) is 1. The van der Waals surface area contributed by atoms with Crippen molar-refractivity contribution in [3.63, 3.8) is 0 Å². The maximum atomic E-state index is 9.21. The summed E-state index contributed by atoms with van der Waals surface area (Å²) < 4.78 is 1.83. The van der Waals surface area contributed by atoms with Crippen LogP contribution in [0.1, 0.15) is 5.56 Å². The minimum Gasteiger partial charge on any atom is -0.508 e. The van der Waals surface area contributed by atoms with Crippen LogP contribution in [0.2, 0.25) is 0 Å². The summed E-state index contributed by atoms with van der Waals surface area (Å²) in [7, 11) is 0. The molecular formula is C10H9N2O. The number of phenolic OH excluding ortho intramolecular Hbond substituents is 1. The number of aromatic nitrogens is 2. The molecule has 0 aliphatic heterocycles. The number of nitrogens with zero attached hydrogens (tertiary/aromatic N) is 2. The van der Waals surface area contributed by atoms with Crippen molar-refractivity contribution in [2.24, 2.45) is 0 Å². The molecule has 0 fully saturated rings. The number of imidazole rings is 1. The number of phenols is 1. The number of benzene rings is 1. The van der Waals surface area contributed by atoms with Gasteiger partial charge in [0.05, 0.1) is 0 Å². The summed E-state index contributed by atoms with van der Waals surface area (Å²) >= 11 is 0. The Bertz CT molecular complexity index is 382. The third-order valence-electron chi connectivity index (χ3n) is 1.77. The van der Waals surface area contributed by atoms with E-state index in [4.69, 9.17) is 0 Å². The van der Waals surface area contributed by atoms with Crippen molar-refractivity contribution in [2.45, 2.75) is 6.54 Å². The Balaban J connectivity index is 2.19. The smallest absolute Gasteiger partial charge is 0.176 e. The topological polar surface area (TPSA) is 38.0 Å². The third-order valence-corrected chi connectivity index (χ3v) is 1.77. The van der Waals surface area contributed by atoms with Crippen LogP contribution >= 0.6 is 0 Å². The summed E-state index contributed by atoms with van der Waals surface area (Å²) in [5.74, 6) is 0.289. The Hall–Kier alpha value is -1.77. The fraction of sp³-hybridized carbons (Fsp3) is 0.100. The average molecular weight is 173 g/mol. The lowest BCUT2D eigenvalue weighted by Gasteiger charge is -2.01. The van der Waals surface area contributed by atoms with Gasteiger partial charge in [0.2, 0.25) is 0 Å². The molecule has 1 N–H and O–H groups in total. The van der Waals surface area contributed by atoms with Gasteiger partial charge in [-0.25, -0.2) is 4.98 Å². The zero-order valence-corrected chi connectivity index (χ0v) is 7.01. The fourth-order valence-corrected chi connectivity index (χ4v) is 1.19. The summed E-state index contributed by atoms with van der Waals surface area (Å²) in [4.78, 5) is 3.82. The van der Waals surface area contributed by atoms with E-state index in [0.29, 0.717) is 6.54 Å². The molecule has 2 aromatic rings. The van der Waals surface area contributed by atoms with E-state index < -0.39 is 0 Å². The Morgan fingerprint density at radius 3 is 3.08 bits per heavy atom. The quantitative estimate of drug-likeness (QED) is 0.746. The van der Waals surface area contributed by atoms with Crippen LogP contribution in [0, 0.1) is 6.33 Å². The van der Waals surface area contributed by atoms with Gasteiger partial charge in [0.25, 0.3) is 0 Å². The molecule has 65 valence electrons. The lowest BCUT2D eigenvalue weighted by Crippen LogP contribution is -1.95. The normalized spacial score (nSPS) is 10.2. The van der Waals surface area contributed by atoms with Crippen LogP contribution in [0.5, 0.6) is 5.75 Å². The van der Waals surface area contributed by atoms with Crippen molar-refractivity contribution in [1.29, 1.82) is 0 Å².